The van der Waals surface area contributed by atoms with Gasteiger partial charge in [-0.05, 0) is 24.5 Å². The summed E-state index contributed by atoms with van der Waals surface area (Å²) in [6.45, 7) is 1.26. The molecule has 158 valence electrons. The number of carbonyl (C=O) groups excluding carboxylic acids is 2. The van der Waals surface area contributed by atoms with Crippen LogP contribution in [0.25, 0.3) is 0 Å². The van der Waals surface area contributed by atoms with E-state index in [4.69, 9.17) is 21.1 Å². The van der Waals surface area contributed by atoms with Crippen molar-refractivity contribution < 1.29 is 24.2 Å². The van der Waals surface area contributed by atoms with Crippen molar-refractivity contribution in [1.82, 2.24) is 10.6 Å². The third-order valence-corrected chi connectivity index (χ3v) is 5.55. The molecule has 8 heteroatoms. The summed E-state index contributed by atoms with van der Waals surface area (Å²) in [7, 11) is 0. The maximum atomic E-state index is 12.4. The van der Waals surface area contributed by atoms with Crippen LogP contribution in [0.15, 0.2) is 36.4 Å². The predicted molar refractivity (Wildman–Crippen MR) is 108 cm³/mol. The van der Waals surface area contributed by atoms with Gasteiger partial charge in [-0.2, -0.15) is 0 Å². The van der Waals surface area contributed by atoms with Gasteiger partial charge in [0.1, 0.15) is 6.10 Å². The second-order valence-corrected chi connectivity index (χ2v) is 7.68. The molecule has 0 aromatic heterocycles. The van der Waals surface area contributed by atoms with Crippen molar-refractivity contribution in [3.8, 4) is 0 Å². The van der Waals surface area contributed by atoms with Crippen LogP contribution < -0.4 is 10.6 Å². The van der Waals surface area contributed by atoms with E-state index in [2.05, 4.69) is 10.6 Å². The molecule has 0 unspecified atom stereocenters. The highest BCUT2D eigenvalue weighted by Gasteiger charge is 2.31. The van der Waals surface area contributed by atoms with Gasteiger partial charge in [-0.3, -0.25) is 9.59 Å². The van der Waals surface area contributed by atoms with Crippen LogP contribution in [-0.2, 0) is 25.6 Å². The van der Waals surface area contributed by atoms with E-state index in [0.717, 1.165) is 5.56 Å². The van der Waals surface area contributed by atoms with Crippen LogP contribution >= 0.6 is 11.6 Å². The van der Waals surface area contributed by atoms with Gasteiger partial charge < -0.3 is 25.2 Å². The summed E-state index contributed by atoms with van der Waals surface area (Å²) in [6.07, 6.45) is 4.02. The molecular formula is C21H27ClN2O5. The van der Waals surface area contributed by atoms with E-state index in [1.165, 1.54) is 0 Å². The van der Waals surface area contributed by atoms with E-state index >= 15 is 0 Å². The van der Waals surface area contributed by atoms with Gasteiger partial charge in [-0.25, -0.2) is 0 Å². The fraction of sp³-hybridized carbons (Fsp3) is 0.524. The monoisotopic (exact) mass is 422 g/mol. The number of halogens is 1. The minimum absolute atomic E-state index is 0.0547. The number of nitrogens with one attached hydrogen (secondary N) is 2. The normalized spacial score (nSPS) is 24.8. The first-order chi connectivity index (χ1) is 14.1. The molecule has 1 fully saturated rings. The molecule has 2 aliphatic heterocycles. The molecule has 2 amide bonds. The molecule has 7 nitrogen and oxygen atoms in total. The largest absolute Gasteiger partial charge is 0.394 e. The zero-order chi connectivity index (χ0) is 20.6. The minimum atomic E-state index is -0.592. The smallest absolute Gasteiger partial charge is 0.223 e. The van der Waals surface area contributed by atoms with Crippen molar-refractivity contribution in [1.29, 1.82) is 0 Å². The molecule has 1 saturated heterocycles. The molecular weight excluding hydrogens is 396 g/mol. The number of amides is 2. The highest BCUT2D eigenvalue weighted by atomic mass is 35.5. The Morgan fingerprint density at radius 1 is 1.17 bits per heavy atom. The van der Waals surface area contributed by atoms with Crippen LogP contribution in [0.2, 0.25) is 5.02 Å². The number of hydrogen-bond donors (Lipinski definition) is 3. The summed E-state index contributed by atoms with van der Waals surface area (Å²) in [5.41, 5.74) is 0.840. The molecule has 29 heavy (non-hydrogen) atoms. The van der Waals surface area contributed by atoms with Crippen molar-refractivity contribution >= 4 is 23.4 Å². The molecule has 0 saturated carbocycles. The Balaban J connectivity index is 1.49. The lowest BCUT2D eigenvalue weighted by molar-refractivity contribution is -0.132. The Bertz CT molecular complexity index is 736. The van der Waals surface area contributed by atoms with E-state index in [1.807, 2.05) is 18.2 Å². The Morgan fingerprint density at radius 2 is 1.93 bits per heavy atom. The van der Waals surface area contributed by atoms with Gasteiger partial charge in [0.15, 0.2) is 0 Å². The number of ether oxygens (including phenoxy) is 2. The van der Waals surface area contributed by atoms with Crippen LogP contribution in [0.1, 0.15) is 24.8 Å². The average molecular weight is 423 g/mol. The summed E-state index contributed by atoms with van der Waals surface area (Å²) >= 11 is 6.09. The van der Waals surface area contributed by atoms with Gasteiger partial charge in [-0.15, -0.1) is 0 Å². The fourth-order valence-electron chi connectivity index (χ4n) is 3.47. The van der Waals surface area contributed by atoms with Gasteiger partial charge in [0.2, 0.25) is 11.8 Å². The van der Waals surface area contributed by atoms with E-state index < -0.39 is 18.2 Å². The maximum Gasteiger partial charge on any atom is 0.223 e. The molecule has 1 aromatic rings. The van der Waals surface area contributed by atoms with Crippen LogP contribution in [-0.4, -0.2) is 55.0 Å². The predicted octanol–water partition coefficient (Wildman–Crippen LogP) is 1.57. The summed E-state index contributed by atoms with van der Waals surface area (Å²) in [5.74, 6) is -0.313. The maximum absolute atomic E-state index is 12.4. The van der Waals surface area contributed by atoms with E-state index in [-0.39, 0.29) is 30.8 Å². The lowest BCUT2D eigenvalue weighted by Gasteiger charge is -2.33. The second-order valence-electron chi connectivity index (χ2n) is 7.27. The number of aliphatic hydroxyl groups excluding tert-OH is 1. The molecule has 3 rings (SSSR count). The number of aliphatic hydroxyl groups is 1. The highest BCUT2D eigenvalue weighted by Crippen LogP contribution is 2.19. The molecule has 3 atom stereocenters. The Hall–Kier alpha value is -1.93. The third-order valence-electron chi connectivity index (χ3n) is 5.18. The number of hydrogen-bond acceptors (Lipinski definition) is 5. The Labute approximate surface area is 175 Å². The van der Waals surface area contributed by atoms with Gasteiger partial charge in [0.25, 0.3) is 0 Å². The molecule has 3 N–H and O–H groups in total. The summed E-state index contributed by atoms with van der Waals surface area (Å²) in [5, 5.41) is 16.0. The molecule has 2 heterocycles. The highest BCUT2D eigenvalue weighted by molar-refractivity contribution is 6.31. The SMILES string of the molecule is O=C(C[C@@H]1C=C[C@@H](NC(=O)C2CCOCC2)[C@H](CO)O1)NCc1ccccc1Cl. The molecule has 0 spiro atoms. The Morgan fingerprint density at radius 3 is 2.66 bits per heavy atom. The van der Waals surface area contributed by atoms with Crippen LogP contribution in [0.3, 0.4) is 0 Å². The molecule has 1 aromatic carbocycles. The molecule has 0 aliphatic carbocycles. The standard InChI is InChI=1S/C21H27ClN2O5/c22-17-4-2-1-3-15(17)12-23-20(26)11-16-5-6-18(19(13-25)29-16)24-21(27)14-7-9-28-10-8-14/h1-6,14,16,18-19,25H,7-13H2,(H,23,26)(H,24,27)/t16-,18+,19-/m0/s1. The third kappa shape index (κ3) is 6.27. The van der Waals surface area contributed by atoms with Crippen LogP contribution in [0, 0.1) is 5.92 Å². The zero-order valence-electron chi connectivity index (χ0n) is 16.2. The first kappa shape index (κ1) is 21.8. The molecule has 0 bridgehead atoms. The first-order valence-corrected chi connectivity index (χ1v) is 10.3. The quantitative estimate of drug-likeness (QED) is 0.579. The number of benzene rings is 1. The van der Waals surface area contributed by atoms with Crippen molar-refractivity contribution in [3.05, 3.63) is 47.0 Å². The fourth-order valence-corrected chi connectivity index (χ4v) is 3.67. The van der Waals surface area contributed by atoms with Crippen molar-refractivity contribution in [2.75, 3.05) is 19.8 Å². The van der Waals surface area contributed by atoms with Crippen molar-refractivity contribution in [2.45, 2.75) is 44.1 Å². The minimum Gasteiger partial charge on any atom is -0.394 e. The van der Waals surface area contributed by atoms with E-state index in [9.17, 15) is 14.7 Å². The summed E-state index contributed by atoms with van der Waals surface area (Å²) in [4.78, 5) is 24.7. The number of rotatable bonds is 7. The van der Waals surface area contributed by atoms with Crippen molar-refractivity contribution in [2.24, 2.45) is 5.92 Å². The Kier molecular flexibility index (Phi) is 8.06. The summed E-state index contributed by atoms with van der Waals surface area (Å²) in [6, 6.07) is 6.91. The lowest BCUT2D eigenvalue weighted by Crippen LogP contribution is -2.50. The van der Waals surface area contributed by atoms with Crippen LogP contribution in [0.5, 0.6) is 0 Å². The van der Waals surface area contributed by atoms with E-state index in [1.54, 1.807) is 18.2 Å². The molecule has 0 radical (unpaired) electrons. The van der Waals surface area contributed by atoms with Gasteiger partial charge >= 0.3 is 0 Å². The first-order valence-electron chi connectivity index (χ1n) is 9.89. The van der Waals surface area contributed by atoms with E-state index in [0.29, 0.717) is 37.6 Å². The number of carbonyl (C=O) groups is 2. The average Bonchev–Trinajstić information content (AvgIpc) is 2.74. The van der Waals surface area contributed by atoms with Crippen LogP contribution in [0.4, 0.5) is 0 Å². The topological polar surface area (TPSA) is 96.9 Å². The second kappa shape index (κ2) is 10.7. The van der Waals surface area contributed by atoms with Gasteiger partial charge in [0, 0.05) is 30.7 Å². The molecule has 2 aliphatic rings. The van der Waals surface area contributed by atoms with Gasteiger partial charge in [-0.1, -0.05) is 42.0 Å². The summed E-state index contributed by atoms with van der Waals surface area (Å²) < 4.78 is 11.1. The lowest BCUT2D eigenvalue weighted by atomic mass is 9.97. The van der Waals surface area contributed by atoms with Gasteiger partial charge in [0.05, 0.1) is 25.2 Å². The van der Waals surface area contributed by atoms with Crippen molar-refractivity contribution in [3.63, 3.8) is 0 Å². The zero-order valence-corrected chi connectivity index (χ0v) is 16.9.